The minimum atomic E-state index is -0.390. The van der Waals surface area contributed by atoms with Crippen LogP contribution in [0.4, 0.5) is 10.1 Å². The Kier molecular flexibility index (Phi) is 7.91. The maximum Gasteiger partial charge on any atom is 0.253 e. The van der Waals surface area contributed by atoms with Gasteiger partial charge in [0.1, 0.15) is 5.82 Å². The van der Waals surface area contributed by atoms with Crippen molar-refractivity contribution in [1.82, 2.24) is 5.32 Å². The fourth-order valence-electron chi connectivity index (χ4n) is 2.98. The van der Waals surface area contributed by atoms with Gasteiger partial charge in [-0.15, -0.1) is 11.8 Å². The van der Waals surface area contributed by atoms with Crippen LogP contribution >= 0.6 is 23.4 Å². The van der Waals surface area contributed by atoms with Crippen molar-refractivity contribution in [3.63, 3.8) is 0 Å². The van der Waals surface area contributed by atoms with Gasteiger partial charge in [0.25, 0.3) is 5.91 Å². The van der Waals surface area contributed by atoms with E-state index >= 15 is 0 Å². The van der Waals surface area contributed by atoms with Crippen molar-refractivity contribution in [3.05, 3.63) is 64.4 Å². The molecule has 8 heteroatoms. The number of carbonyl (C=O) groups is 2. The molecule has 0 saturated carbocycles. The summed E-state index contributed by atoms with van der Waals surface area (Å²) in [5.41, 5.74) is 1.33. The summed E-state index contributed by atoms with van der Waals surface area (Å²) in [5, 5.41) is 5.96. The van der Waals surface area contributed by atoms with Crippen LogP contribution in [0.5, 0.6) is 0 Å². The topological polar surface area (TPSA) is 67.4 Å². The lowest BCUT2D eigenvalue weighted by molar-refractivity contribution is -0.113. The van der Waals surface area contributed by atoms with Gasteiger partial charge in [-0.25, -0.2) is 4.39 Å². The number of benzene rings is 2. The van der Waals surface area contributed by atoms with E-state index in [1.54, 1.807) is 36.4 Å². The smallest absolute Gasteiger partial charge is 0.253 e. The maximum absolute atomic E-state index is 13.8. The molecule has 2 aromatic carbocycles. The van der Waals surface area contributed by atoms with Gasteiger partial charge in [-0.1, -0.05) is 29.8 Å². The lowest BCUT2D eigenvalue weighted by Crippen LogP contribution is -2.32. The molecule has 1 fully saturated rings. The number of anilines is 1. The third kappa shape index (κ3) is 6.45. The fourth-order valence-corrected chi connectivity index (χ4v) is 3.95. The number of thioether (sulfide) groups is 1. The fraction of sp³-hybridized carbons (Fsp3) is 0.333. The van der Waals surface area contributed by atoms with Gasteiger partial charge in [0, 0.05) is 23.9 Å². The third-order valence-corrected chi connectivity index (χ3v) is 5.68. The largest absolute Gasteiger partial charge is 0.376 e. The van der Waals surface area contributed by atoms with E-state index in [1.165, 1.54) is 17.8 Å². The van der Waals surface area contributed by atoms with Crippen molar-refractivity contribution in [3.8, 4) is 0 Å². The van der Waals surface area contributed by atoms with Crippen LogP contribution in [0, 0.1) is 5.82 Å². The third-order valence-electron chi connectivity index (χ3n) is 4.47. The van der Waals surface area contributed by atoms with Crippen LogP contribution in [0.2, 0.25) is 5.02 Å². The molecule has 1 aliphatic heterocycles. The first kappa shape index (κ1) is 21.6. The van der Waals surface area contributed by atoms with E-state index in [0.717, 1.165) is 19.4 Å². The second kappa shape index (κ2) is 10.6. The second-order valence-corrected chi connectivity index (χ2v) is 8.09. The van der Waals surface area contributed by atoms with Gasteiger partial charge in [0.05, 0.1) is 23.1 Å². The number of hydrogen-bond acceptors (Lipinski definition) is 4. The van der Waals surface area contributed by atoms with Crippen LogP contribution in [0.1, 0.15) is 28.8 Å². The number of para-hydroxylation sites is 1. The summed E-state index contributed by atoms with van der Waals surface area (Å²) in [6, 6.07) is 11.3. The Morgan fingerprint density at radius 1 is 1.24 bits per heavy atom. The Labute approximate surface area is 178 Å². The average molecular weight is 437 g/mol. The highest BCUT2D eigenvalue weighted by molar-refractivity contribution is 7.99. The Balaban J connectivity index is 1.51. The quantitative estimate of drug-likeness (QED) is 0.648. The second-order valence-electron chi connectivity index (χ2n) is 6.67. The van der Waals surface area contributed by atoms with E-state index in [-0.39, 0.29) is 23.7 Å². The first-order valence-electron chi connectivity index (χ1n) is 9.33. The van der Waals surface area contributed by atoms with Crippen molar-refractivity contribution in [2.75, 3.05) is 24.2 Å². The summed E-state index contributed by atoms with van der Waals surface area (Å²) in [5.74, 6) is -0.428. The molecule has 154 valence electrons. The van der Waals surface area contributed by atoms with Gasteiger partial charge in [-0.2, -0.15) is 0 Å². The van der Waals surface area contributed by atoms with Crippen LogP contribution in [-0.2, 0) is 15.3 Å². The van der Waals surface area contributed by atoms with E-state index in [4.69, 9.17) is 16.3 Å². The Hall–Kier alpha value is -2.09. The van der Waals surface area contributed by atoms with E-state index in [2.05, 4.69) is 10.6 Å². The number of amides is 2. The summed E-state index contributed by atoms with van der Waals surface area (Å²) < 4.78 is 19.3. The molecule has 2 N–H and O–H groups in total. The van der Waals surface area contributed by atoms with Crippen molar-refractivity contribution < 1.29 is 18.7 Å². The van der Waals surface area contributed by atoms with E-state index < -0.39 is 5.82 Å². The van der Waals surface area contributed by atoms with Crippen molar-refractivity contribution in [2.45, 2.75) is 24.7 Å². The summed E-state index contributed by atoms with van der Waals surface area (Å²) in [7, 11) is 0. The molecule has 0 bridgehead atoms. The molecular formula is C21H22ClFN2O3S. The molecule has 2 amide bonds. The normalized spacial score (nSPS) is 15.9. The Bertz CT molecular complexity index is 875. The lowest BCUT2D eigenvalue weighted by atomic mass is 10.1. The van der Waals surface area contributed by atoms with E-state index in [9.17, 15) is 14.0 Å². The molecule has 0 aliphatic carbocycles. The monoisotopic (exact) mass is 436 g/mol. The Morgan fingerprint density at radius 3 is 2.83 bits per heavy atom. The zero-order valence-electron chi connectivity index (χ0n) is 15.8. The van der Waals surface area contributed by atoms with Crippen LogP contribution in [0.25, 0.3) is 0 Å². The number of nitrogens with one attached hydrogen (secondary N) is 2. The number of ether oxygens (including phenoxy) is 1. The van der Waals surface area contributed by atoms with Gasteiger partial charge in [-0.05, 0) is 42.7 Å². The summed E-state index contributed by atoms with van der Waals surface area (Å²) in [4.78, 5) is 24.8. The van der Waals surface area contributed by atoms with Crippen LogP contribution < -0.4 is 10.6 Å². The molecule has 3 rings (SSSR count). The molecule has 0 radical (unpaired) electrons. The highest BCUT2D eigenvalue weighted by Gasteiger charge is 2.18. The van der Waals surface area contributed by atoms with Gasteiger partial charge in [-0.3, -0.25) is 9.59 Å². The molecule has 1 aliphatic rings. The number of rotatable bonds is 8. The molecule has 5 nitrogen and oxygen atoms in total. The highest BCUT2D eigenvalue weighted by atomic mass is 35.5. The van der Waals surface area contributed by atoms with Crippen molar-refractivity contribution in [1.29, 1.82) is 0 Å². The molecule has 1 heterocycles. The molecule has 1 atom stereocenters. The first-order chi connectivity index (χ1) is 14.0. The summed E-state index contributed by atoms with van der Waals surface area (Å²) >= 11 is 7.02. The van der Waals surface area contributed by atoms with Crippen LogP contribution in [-0.4, -0.2) is 36.8 Å². The first-order valence-corrected chi connectivity index (χ1v) is 10.9. The predicted octanol–water partition coefficient (Wildman–Crippen LogP) is 4.26. The molecule has 1 saturated heterocycles. The molecule has 0 aromatic heterocycles. The summed E-state index contributed by atoms with van der Waals surface area (Å²) in [6.45, 7) is 1.17. The van der Waals surface area contributed by atoms with Gasteiger partial charge in [0.15, 0.2) is 0 Å². The number of hydrogen-bond donors (Lipinski definition) is 2. The number of carbonyl (C=O) groups excluding carboxylic acids is 2. The van der Waals surface area contributed by atoms with Gasteiger partial charge >= 0.3 is 0 Å². The Morgan fingerprint density at radius 2 is 2.07 bits per heavy atom. The standard InChI is InChI=1S/C21H22ClFN2O3S/c22-15-8-7-14(18(23)10-15)12-29-13-20(26)25-19-6-2-1-5-17(19)21(27)24-11-16-4-3-9-28-16/h1-2,5-8,10,16H,3-4,9,11-13H2,(H,24,27)(H,25,26). The van der Waals surface area contributed by atoms with Gasteiger partial charge < -0.3 is 15.4 Å². The summed E-state index contributed by atoms with van der Waals surface area (Å²) in [6.07, 6.45) is 1.99. The zero-order valence-corrected chi connectivity index (χ0v) is 17.3. The van der Waals surface area contributed by atoms with Gasteiger partial charge in [0.2, 0.25) is 5.91 Å². The minimum absolute atomic E-state index is 0.0466. The minimum Gasteiger partial charge on any atom is -0.376 e. The molecule has 29 heavy (non-hydrogen) atoms. The molecule has 2 aromatic rings. The van der Waals surface area contributed by atoms with E-state index in [1.807, 2.05) is 0 Å². The van der Waals surface area contributed by atoms with Crippen LogP contribution in [0.15, 0.2) is 42.5 Å². The van der Waals surface area contributed by atoms with E-state index in [0.29, 0.717) is 34.1 Å². The maximum atomic E-state index is 13.8. The molecular weight excluding hydrogens is 415 g/mol. The predicted molar refractivity (Wildman–Crippen MR) is 114 cm³/mol. The lowest BCUT2D eigenvalue weighted by Gasteiger charge is -2.14. The molecule has 1 unspecified atom stereocenters. The van der Waals surface area contributed by atoms with Crippen molar-refractivity contribution in [2.24, 2.45) is 0 Å². The van der Waals surface area contributed by atoms with Crippen molar-refractivity contribution >= 4 is 40.9 Å². The number of halogens is 2. The average Bonchev–Trinajstić information content (AvgIpc) is 3.22. The highest BCUT2D eigenvalue weighted by Crippen LogP contribution is 2.20. The zero-order chi connectivity index (χ0) is 20.6. The van der Waals surface area contributed by atoms with Crippen LogP contribution in [0.3, 0.4) is 0 Å². The SMILES string of the molecule is O=C(CSCc1ccc(Cl)cc1F)Nc1ccccc1C(=O)NCC1CCCO1. The molecule has 0 spiro atoms.